The van der Waals surface area contributed by atoms with E-state index in [-0.39, 0.29) is 0 Å². The summed E-state index contributed by atoms with van der Waals surface area (Å²) in [5.74, 6) is 1.28. The first-order valence-corrected chi connectivity index (χ1v) is 7.86. The summed E-state index contributed by atoms with van der Waals surface area (Å²) in [6.07, 6.45) is 4.15. The molecule has 1 N–H and O–H groups in total. The second-order valence-corrected chi connectivity index (χ2v) is 6.29. The average Bonchev–Trinajstić information content (AvgIpc) is 2.85. The minimum atomic E-state index is 0.584. The fourth-order valence-corrected chi connectivity index (χ4v) is 2.61. The van der Waals surface area contributed by atoms with Crippen LogP contribution >= 0.6 is 0 Å². The highest BCUT2D eigenvalue weighted by Gasteiger charge is 2.12. The molecule has 0 aliphatic carbocycles. The van der Waals surface area contributed by atoms with Crippen LogP contribution < -0.4 is 5.32 Å². The first-order valence-electron chi connectivity index (χ1n) is 7.86. The van der Waals surface area contributed by atoms with E-state index in [0.717, 1.165) is 25.9 Å². The Bertz CT molecular complexity index is 516. The lowest BCUT2D eigenvalue weighted by atomic mass is 9.94. The van der Waals surface area contributed by atoms with Gasteiger partial charge in [-0.15, -0.1) is 0 Å². The lowest BCUT2D eigenvalue weighted by Gasteiger charge is -2.18. The van der Waals surface area contributed by atoms with E-state index in [2.05, 4.69) is 60.7 Å². The summed E-state index contributed by atoms with van der Waals surface area (Å²) in [6.45, 7) is 6.62. The van der Waals surface area contributed by atoms with E-state index in [9.17, 15) is 0 Å². The van der Waals surface area contributed by atoms with Crippen LogP contribution in [0.5, 0.6) is 0 Å². The molecule has 1 heterocycles. The van der Waals surface area contributed by atoms with E-state index >= 15 is 0 Å². The molecule has 2 rings (SSSR count). The summed E-state index contributed by atoms with van der Waals surface area (Å²) in [5.41, 5.74) is 2.59. The summed E-state index contributed by atoms with van der Waals surface area (Å²) >= 11 is 0. The molecular formula is C18H27N3. The van der Waals surface area contributed by atoms with E-state index in [0.29, 0.717) is 11.8 Å². The molecular weight excluding hydrogens is 258 g/mol. The Labute approximate surface area is 128 Å². The monoisotopic (exact) mass is 285 g/mol. The Kier molecular flexibility index (Phi) is 6.00. The zero-order valence-electron chi connectivity index (χ0n) is 13.4. The van der Waals surface area contributed by atoms with Crippen LogP contribution in [-0.2, 0) is 19.9 Å². The standard InChI is InChI=1S/C18H27N3/c1-15(2)13-19-14-17(11-16-7-5-4-6-8-16)12-18-9-10-21(3)20-18/h4-10,15,17,19H,11-14H2,1-3H3. The number of aromatic nitrogens is 2. The molecule has 0 aliphatic heterocycles. The average molecular weight is 285 g/mol. The van der Waals surface area contributed by atoms with Gasteiger partial charge in [-0.2, -0.15) is 5.10 Å². The number of nitrogens with one attached hydrogen (secondary N) is 1. The van der Waals surface area contributed by atoms with Gasteiger partial charge in [0.25, 0.3) is 0 Å². The number of hydrogen-bond donors (Lipinski definition) is 1. The molecule has 0 radical (unpaired) electrons. The van der Waals surface area contributed by atoms with Crippen molar-refractivity contribution in [1.82, 2.24) is 15.1 Å². The van der Waals surface area contributed by atoms with Crippen molar-refractivity contribution in [3.63, 3.8) is 0 Å². The third-order valence-corrected chi connectivity index (χ3v) is 3.62. The largest absolute Gasteiger partial charge is 0.316 e. The van der Waals surface area contributed by atoms with Gasteiger partial charge in [-0.3, -0.25) is 4.68 Å². The van der Waals surface area contributed by atoms with Crippen molar-refractivity contribution in [2.75, 3.05) is 13.1 Å². The van der Waals surface area contributed by atoms with E-state index in [4.69, 9.17) is 0 Å². The third-order valence-electron chi connectivity index (χ3n) is 3.62. The summed E-state index contributed by atoms with van der Waals surface area (Å²) in [5, 5.41) is 8.12. The number of hydrogen-bond acceptors (Lipinski definition) is 2. The van der Waals surface area contributed by atoms with Crippen molar-refractivity contribution >= 4 is 0 Å². The van der Waals surface area contributed by atoms with E-state index in [1.165, 1.54) is 11.3 Å². The highest BCUT2D eigenvalue weighted by molar-refractivity contribution is 5.16. The first kappa shape index (κ1) is 15.8. The highest BCUT2D eigenvalue weighted by Crippen LogP contribution is 2.13. The smallest absolute Gasteiger partial charge is 0.0627 e. The van der Waals surface area contributed by atoms with Crippen molar-refractivity contribution in [3.8, 4) is 0 Å². The fraction of sp³-hybridized carbons (Fsp3) is 0.500. The minimum Gasteiger partial charge on any atom is -0.316 e. The molecule has 3 heteroatoms. The van der Waals surface area contributed by atoms with Gasteiger partial charge in [-0.05, 0) is 49.4 Å². The summed E-state index contributed by atoms with van der Waals surface area (Å²) < 4.78 is 1.89. The molecule has 0 saturated carbocycles. The lowest BCUT2D eigenvalue weighted by Crippen LogP contribution is -2.29. The highest BCUT2D eigenvalue weighted by atomic mass is 15.2. The van der Waals surface area contributed by atoms with E-state index < -0.39 is 0 Å². The fourth-order valence-electron chi connectivity index (χ4n) is 2.61. The van der Waals surface area contributed by atoms with Crippen LogP contribution in [0, 0.1) is 11.8 Å². The Balaban J connectivity index is 1.95. The van der Waals surface area contributed by atoms with Gasteiger partial charge < -0.3 is 5.32 Å². The second kappa shape index (κ2) is 7.99. The Hall–Kier alpha value is -1.61. The SMILES string of the molecule is CC(C)CNCC(Cc1ccccc1)Cc1ccn(C)n1. The van der Waals surface area contributed by atoms with Crippen molar-refractivity contribution in [2.24, 2.45) is 18.9 Å². The maximum Gasteiger partial charge on any atom is 0.0627 e. The predicted molar refractivity (Wildman–Crippen MR) is 88.3 cm³/mol. The molecule has 1 aromatic heterocycles. The molecule has 0 spiro atoms. The molecule has 0 aliphatic rings. The molecule has 1 aromatic carbocycles. The maximum atomic E-state index is 4.52. The lowest BCUT2D eigenvalue weighted by molar-refractivity contribution is 0.441. The van der Waals surface area contributed by atoms with Gasteiger partial charge in [0.2, 0.25) is 0 Å². The molecule has 1 atom stereocenters. The van der Waals surface area contributed by atoms with Crippen molar-refractivity contribution < 1.29 is 0 Å². The van der Waals surface area contributed by atoms with Crippen LogP contribution in [0.2, 0.25) is 0 Å². The molecule has 21 heavy (non-hydrogen) atoms. The van der Waals surface area contributed by atoms with Gasteiger partial charge in [-0.1, -0.05) is 44.2 Å². The Morgan fingerprint density at radius 3 is 2.43 bits per heavy atom. The van der Waals surface area contributed by atoms with Gasteiger partial charge in [0, 0.05) is 13.2 Å². The third kappa shape index (κ3) is 5.72. The molecule has 1 unspecified atom stereocenters. The number of nitrogens with zero attached hydrogens (tertiary/aromatic N) is 2. The predicted octanol–water partition coefficient (Wildman–Crippen LogP) is 3.07. The van der Waals surface area contributed by atoms with Gasteiger partial charge in [0.1, 0.15) is 0 Å². The molecule has 0 bridgehead atoms. The molecule has 0 amide bonds. The maximum absolute atomic E-state index is 4.52. The van der Waals surface area contributed by atoms with Gasteiger partial charge in [0.05, 0.1) is 5.69 Å². The molecule has 0 fully saturated rings. The van der Waals surface area contributed by atoms with Crippen LogP contribution in [0.25, 0.3) is 0 Å². The Morgan fingerprint density at radius 1 is 1.05 bits per heavy atom. The molecule has 3 nitrogen and oxygen atoms in total. The minimum absolute atomic E-state index is 0.584. The molecule has 0 saturated heterocycles. The Morgan fingerprint density at radius 2 is 1.81 bits per heavy atom. The van der Waals surface area contributed by atoms with Crippen molar-refractivity contribution in [1.29, 1.82) is 0 Å². The van der Waals surface area contributed by atoms with Gasteiger partial charge in [0.15, 0.2) is 0 Å². The number of rotatable bonds is 8. The molecule has 2 aromatic rings. The normalized spacial score (nSPS) is 12.8. The van der Waals surface area contributed by atoms with Gasteiger partial charge >= 0.3 is 0 Å². The zero-order chi connectivity index (χ0) is 15.1. The quantitative estimate of drug-likeness (QED) is 0.808. The summed E-state index contributed by atoms with van der Waals surface area (Å²) in [7, 11) is 1.98. The van der Waals surface area contributed by atoms with Crippen LogP contribution in [-0.4, -0.2) is 22.9 Å². The first-order chi connectivity index (χ1) is 10.1. The summed E-state index contributed by atoms with van der Waals surface area (Å²) in [6, 6.07) is 12.9. The van der Waals surface area contributed by atoms with Crippen LogP contribution in [0.3, 0.4) is 0 Å². The van der Waals surface area contributed by atoms with Crippen LogP contribution in [0.4, 0.5) is 0 Å². The second-order valence-electron chi connectivity index (χ2n) is 6.29. The van der Waals surface area contributed by atoms with Crippen molar-refractivity contribution in [3.05, 3.63) is 53.9 Å². The van der Waals surface area contributed by atoms with Crippen LogP contribution in [0.15, 0.2) is 42.6 Å². The van der Waals surface area contributed by atoms with Gasteiger partial charge in [-0.25, -0.2) is 0 Å². The van der Waals surface area contributed by atoms with E-state index in [1.54, 1.807) is 0 Å². The topological polar surface area (TPSA) is 29.9 Å². The van der Waals surface area contributed by atoms with Crippen molar-refractivity contribution in [2.45, 2.75) is 26.7 Å². The number of benzene rings is 1. The van der Waals surface area contributed by atoms with E-state index in [1.807, 2.05) is 17.9 Å². The summed E-state index contributed by atoms with van der Waals surface area (Å²) in [4.78, 5) is 0. The van der Waals surface area contributed by atoms with Crippen LogP contribution in [0.1, 0.15) is 25.1 Å². The zero-order valence-corrected chi connectivity index (χ0v) is 13.4. The molecule has 114 valence electrons. The number of aryl methyl sites for hydroxylation is 1.